The molecule has 7 nitrogen and oxygen atoms in total. The first kappa shape index (κ1) is 16.7. The van der Waals surface area contributed by atoms with Gasteiger partial charge in [-0.2, -0.15) is 5.10 Å². The molecule has 0 bridgehead atoms. The normalized spacial score (nSPS) is 17.2. The summed E-state index contributed by atoms with van der Waals surface area (Å²) < 4.78 is 9.55. The minimum Gasteiger partial charge on any atom is -0.361 e. The second-order valence-electron chi connectivity index (χ2n) is 6.38. The van der Waals surface area contributed by atoms with Gasteiger partial charge in [-0.25, -0.2) is 4.98 Å². The minimum atomic E-state index is -0.194. The molecule has 1 saturated heterocycles. The monoisotopic (exact) mass is 331 g/mol. The molecular weight excluding hydrogens is 306 g/mol. The van der Waals surface area contributed by atoms with E-state index in [0.717, 1.165) is 31.8 Å². The van der Waals surface area contributed by atoms with E-state index in [1.54, 1.807) is 6.20 Å². The lowest BCUT2D eigenvalue weighted by Crippen LogP contribution is -2.40. The molecule has 0 spiro atoms. The highest BCUT2D eigenvalue weighted by Gasteiger charge is 2.25. The Morgan fingerprint density at radius 2 is 2.08 bits per heavy atom. The molecule has 0 N–H and O–H groups in total. The summed E-state index contributed by atoms with van der Waals surface area (Å²) in [6.07, 6.45) is 7.20. The van der Waals surface area contributed by atoms with Crippen molar-refractivity contribution in [1.29, 1.82) is 0 Å². The van der Waals surface area contributed by atoms with Crippen molar-refractivity contribution < 1.29 is 9.53 Å². The van der Waals surface area contributed by atoms with Crippen molar-refractivity contribution in [2.24, 2.45) is 14.1 Å². The van der Waals surface area contributed by atoms with Crippen LogP contribution in [-0.4, -0.2) is 49.8 Å². The van der Waals surface area contributed by atoms with Crippen LogP contribution in [0, 0.1) is 0 Å². The van der Waals surface area contributed by atoms with Gasteiger partial charge in [0.05, 0.1) is 0 Å². The molecule has 1 aliphatic heterocycles. The molecule has 1 unspecified atom stereocenters. The Balaban J connectivity index is 1.47. The third-order valence-corrected chi connectivity index (χ3v) is 4.80. The average Bonchev–Trinajstić information content (AvgIpc) is 3.20. The molecule has 1 amide bonds. The third kappa shape index (κ3) is 3.51. The van der Waals surface area contributed by atoms with Gasteiger partial charge in [0.15, 0.2) is 0 Å². The maximum absolute atomic E-state index is 12.4. The van der Waals surface area contributed by atoms with Crippen molar-refractivity contribution in [2.75, 3.05) is 19.7 Å². The lowest BCUT2D eigenvalue weighted by atomic mass is 9.93. The van der Waals surface area contributed by atoms with Crippen molar-refractivity contribution >= 4 is 5.91 Å². The minimum absolute atomic E-state index is 0.0551. The molecule has 0 radical (unpaired) electrons. The van der Waals surface area contributed by atoms with E-state index in [1.807, 2.05) is 47.6 Å². The van der Waals surface area contributed by atoms with Crippen molar-refractivity contribution in [2.45, 2.75) is 31.8 Å². The number of piperidine rings is 1. The Kier molecular flexibility index (Phi) is 4.99. The number of rotatable bonds is 5. The molecule has 0 aliphatic carbocycles. The number of carbonyl (C=O) groups is 1. The molecular formula is C17H25N5O2. The zero-order valence-electron chi connectivity index (χ0n) is 14.6. The number of carbonyl (C=O) groups excluding carboxylic acids is 1. The largest absolute Gasteiger partial charge is 0.361 e. The summed E-state index contributed by atoms with van der Waals surface area (Å²) in [5.74, 6) is 1.37. The van der Waals surface area contributed by atoms with Crippen molar-refractivity contribution in [3.05, 3.63) is 36.2 Å². The van der Waals surface area contributed by atoms with Crippen molar-refractivity contribution in [1.82, 2.24) is 24.2 Å². The van der Waals surface area contributed by atoms with Crippen LogP contribution in [0.1, 0.15) is 43.3 Å². The second kappa shape index (κ2) is 7.17. The summed E-state index contributed by atoms with van der Waals surface area (Å²) in [5.41, 5.74) is 1.25. The molecule has 2 aromatic heterocycles. The maximum Gasteiger partial charge on any atom is 0.248 e. The Morgan fingerprint density at radius 3 is 2.67 bits per heavy atom. The summed E-state index contributed by atoms with van der Waals surface area (Å²) >= 11 is 0. The van der Waals surface area contributed by atoms with E-state index >= 15 is 0 Å². The zero-order valence-corrected chi connectivity index (χ0v) is 14.6. The maximum atomic E-state index is 12.4. The predicted octanol–water partition coefficient (Wildman–Crippen LogP) is 1.64. The van der Waals surface area contributed by atoms with Crippen LogP contribution in [-0.2, 0) is 23.6 Å². The number of imidazole rings is 1. The smallest absolute Gasteiger partial charge is 0.248 e. The second-order valence-corrected chi connectivity index (χ2v) is 6.38. The van der Waals surface area contributed by atoms with Gasteiger partial charge in [0, 0.05) is 57.4 Å². The summed E-state index contributed by atoms with van der Waals surface area (Å²) in [4.78, 5) is 18.5. The first-order valence-electron chi connectivity index (χ1n) is 8.40. The Bertz CT molecular complexity index is 685. The Hall–Kier alpha value is -2.15. The predicted molar refractivity (Wildman–Crippen MR) is 89.3 cm³/mol. The first-order valence-corrected chi connectivity index (χ1v) is 8.40. The Labute approximate surface area is 142 Å². The lowest BCUT2D eigenvalue weighted by molar-refractivity contribution is -0.139. The van der Waals surface area contributed by atoms with Gasteiger partial charge in [-0.15, -0.1) is 0 Å². The summed E-state index contributed by atoms with van der Waals surface area (Å²) in [6, 6.07) is 2.07. The average molecular weight is 331 g/mol. The standard InChI is InChI=1S/C17H25N5O2/c1-13(17-18-8-11-20(17)2)24-12-16(23)22-9-5-14(6-10-22)15-4-7-19-21(15)3/h4,7-8,11,13-14H,5-6,9-10,12H2,1-3H3. The van der Waals surface area contributed by atoms with Crippen LogP contribution in [0.25, 0.3) is 0 Å². The van der Waals surface area contributed by atoms with Crippen molar-refractivity contribution in [3.63, 3.8) is 0 Å². The van der Waals surface area contributed by atoms with Crippen LogP contribution in [0.5, 0.6) is 0 Å². The first-order chi connectivity index (χ1) is 11.6. The molecule has 130 valence electrons. The van der Waals surface area contributed by atoms with E-state index in [-0.39, 0.29) is 18.6 Å². The number of amides is 1. The van der Waals surface area contributed by atoms with E-state index in [1.165, 1.54) is 5.69 Å². The van der Waals surface area contributed by atoms with Gasteiger partial charge >= 0.3 is 0 Å². The summed E-state index contributed by atoms with van der Waals surface area (Å²) in [7, 11) is 3.90. The van der Waals surface area contributed by atoms with E-state index in [0.29, 0.717) is 5.92 Å². The van der Waals surface area contributed by atoms with E-state index in [2.05, 4.69) is 16.1 Å². The molecule has 7 heteroatoms. The van der Waals surface area contributed by atoms with Gasteiger partial charge in [0.1, 0.15) is 18.5 Å². The SMILES string of the molecule is CC(OCC(=O)N1CCC(c2ccnn2C)CC1)c1nccn1C. The number of hydrogen-bond donors (Lipinski definition) is 0. The quantitative estimate of drug-likeness (QED) is 0.835. The fourth-order valence-corrected chi connectivity index (χ4v) is 3.34. The molecule has 3 heterocycles. The van der Waals surface area contributed by atoms with E-state index in [4.69, 9.17) is 4.74 Å². The molecule has 24 heavy (non-hydrogen) atoms. The van der Waals surface area contributed by atoms with Gasteiger partial charge in [0.2, 0.25) is 5.91 Å². The molecule has 1 fully saturated rings. The summed E-state index contributed by atoms with van der Waals surface area (Å²) in [5, 5.41) is 4.23. The molecule has 1 atom stereocenters. The third-order valence-electron chi connectivity index (χ3n) is 4.80. The number of aryl methyl sites for hydroxylation is 2. The number of hydrogen-bond acceptors (Lipinski definition) is 4. The van der Waals surface area contributed by atoms with Crippen LogP contribution in [0.2, 0.25) is 0 Å². The van der Waals surface area contributed by atoms with Crippen LogP contribution >= 0.6 is 0 Å². The molecule has 1 aliphatic rings. The van der Waals surface area contributed by atoms with E-state index in [9.17, 15) is 4.79 Å². The molecule has 0 saturated carbocycles. The van der Waals surface area contributed by atoms with Gasteiger partial charge in [-0.3, -0.25) is 9.48 Å². The topological polar surface area (TPSA) is 65.2 Å². The molecule has 3 rings (SSSR count). The van der Waals surface area contributed by atoms with Crippen LogP contribution in [0.15, 0.2) is 24.7 Å². The Morgan fingerprint density at radius 1 is 1.33 bits per heavy atom. The van der Waals surface area contributed by atoms with Gasteiger partial charge in [0.25, 0.3) is 0 Å². The van der Waals surface area contributed by atoms with Crippen LogP contribution in [0.3, 0.4) is 0 Å². The highest BCUT2D eigenvalue weighted by Crippen LogP contribution is 2.27. The lowest BCUT2D eigenvalue weighted by Gasteiger charge is -2.32. The van der Waals surface area contributed by atoms with E-state index < -0.39 is 0 Å². The van der Waals surface area contributed by atoms with Gasteiger partial charge < -0.3 is 14.2 Å². The molecule has 0 aromatic carbocycles. The number of nitrogens with zero attached hydrogens (tertiary/aromatic N) is 5. The number of aromatic nitrogens is 4. The highest BCUT2D eigenvalue weighted by atomic mass is 16.5. The van der Waals surface area contributed by atoms with Crippen LogP contribution in [0.4, 0.5) is 0 Å². The fourth-order valence-electron chi connectivity index (χ4n) is 3.34. The zero-order chi connectivity index (χ0) is 17.1. The number of likely N-dealkylation sites (tertiary alicyclic amines) is 1. The highest BCUT2D eigenvalue weighted by molar-refractivity contribution is 5.77. The molecule has 2 aromatic rings. The fraction of sp³-hybridized carbons (Fsp3) is 0.588. The van der Waals surface area contributed by atoms with Gasteiger partial charge in [-0.1, -0.05) is 0 Å². The summed E-state index contributed by atoms with van der Waals surface area (Å²) in [6.45, 7) is 3.57. The van der Waals surface area contributed by atoms with Crippen LogP contribution < -0.4 is 0 Å². The number of ether oxygens (including phenoxy) is 1. The van der Waals surface area contributed by atoms with Gasteiger partial charge in [-0.05, 0) is 25.8 Å². The van der Waals surface area contributed by atoms with Crippen molar-refractivity contribution in [3.8, 4) is 0 Å².